The Kier molecular flexibility index (Phi) is 3.13. The van der Waals surface area contributed by atoms with Crippen molar-refractivity contribution in [1.29, 1.82) is 0 Å². The zero-order chi connectivity index (χ0) is 11.5. The molecule has 1 heterocycles. The molecule has 86 valence electrons. The van der Waals surface area contributed by atoms with Crippen LogP contribution in [0.2, 0.25) is 0 Å². The summed E-state index contributed by atoms with van der Waals surface area (Å²) in [5.74, 6) is 0.722. The van der Waals surface area contributed by atoms with Gasteiger partial charge in [-0.2, -0.15) is 5.10 Å². The SMILES string of the molecule is CC(C)CC(C)Nc1ccc2[nH]ncc2c1. The Morgan fingerprint density at radius 2 is 2.12 bits per heavy atom. The summed E-state index contributed by atoms with van der Waals surface area (Å²) >= 11 is 0. The Morgan fingerprint density at radius 3 is 2.88 bits per heavy atom. The van der Waals surface area contributed by atoms with Crippen LogP contribution in [-0.4, -0.2) is 16.2 Å². The Labute approximate surface area is 96.2 Å². The van der Waals surface area contributed by atoms with Crippen LogP contribution in [0.3, 0.4) is 0 Å². The lowest BCUT2D eigenvalue weighted by atomic mass is 10.0. The number of rotatable bonds is 4. The zero-order valence-corrected chi connectivity index (χ0v) is 10.1. The third-order valence-corrected chi connectivity index (χ3v) is 2.68. The highest BCUT2D eigenvalue weighted by Crippen LogP contribution is 2.18. The summed E-state index contributed by atoms with van der Waals surface area (Å²) in [5, 5.41) is 11.6. The van der Waals surface area contributed by atoms with Crippen molar-refractivity contribution < 1.29 is 0 Å². The summed E-state index contributed by atoms with van der Waals surface area (Å²) < 4.78 is 0. The summed E-state index contributed by atoms with van der Waals surface area (Å²) in [7, 11) is 0. The van der Waals surface area contributed by atoms with E-state index in [1.165, 1.54) is 12.1 Å². The lowest BCUT2D eigenvalue weighted by molar-refractivity contribution is 0.540. The van der Waals surface area contributed by atoms with Crippen molar-refractivity contribution in [3.05, 3.63) is 24.4 Å². The summed E-state index contributed by atoms with van der Waals surface area (Å²) in [6.45, 7) is 6.72. The molecule has 0 bridgehead atoms. The average Bonchev–Trinajstić information content (AvgIpc) is 2.63. The Bertz CT molecular complexity index is 459. The largest absolute Gasteiger partial charge is 0.383 e. The van der Waals surface area contributed by atoms with Crippen molar-refractivity contribution in [3.8, 4) is 0 Å². The van der Waals surface area contributed by atoms with Crippen LogP contribution >= 0.6 is 0 Å². The molecule has 2 N–H and O–H groups in total. The van der Waals surface area contributed by atoms with Crippen molar-refractivity contribution in [3.63, 3.8) is 0 Å². The van der Waals surface area contributed by atoms with Crippen LogP contribution in [0.1, 0.15) is 27.2 Å². The number of aromatic nitrogens is 2. The van der Waals surface area contributed by atoms with E-state index in [1.54, 1.807) is 0 Å². The minimum absolute atomic E-state index is 0.504. The first-order chi connectivity index (χ1) is 7.65. The third-order valence-electron chi connectivity index (χ3n) is 2.68. The van der Waals surface area contributed by atoms with Gasteiger partial charge in [-0.05, 0) is 37.5 Å². The molecule has 0 saturated carbocycles. The second-order valence-corrected chi connectivity index (χ2v) is 4.85. The molecule has 0 aliphatic rings. The van der Waals surface area contributed by atoms with Gasteiger partial charge >= 0.3 is 0 Å². The summed E-state index contributed by atoms with van der Waals surface area (Å²) in [5.41, 5.74) is 2.25. The standard InChI is InChI=1S/C13H19N3/c1-9(2)6-10(3)15-12-4-5-13-11(7-12)8-14-16-13/h4-5,7-10,15H,6H2,1-3H3,(H,14,16). The first-order valence-electron chi connectivity index (χ1n) is 5.85. The van der Waals surface area contributed by atoms with E-state index in [0.29, 0.717) is 6.04 Å². The highest BCUT2D eigenvalue weighted by molar-refractivity contribution is 5.81. The number of nitrogens with zero attached hydrogens (tertiary/aromatic N) is 1. The molecule has 1 aromatic carbocycles. The van der Waals surface area contributed by atoms with Gasteiger partial charge in [0.15, 0.2) is 0 Å². The van der Waals surface area contributed by atoms with Gasteiger partial charge in [-0.15, -0.1) is 0 Å². The van der Waals surface area contributed by atoms with E-state index < -0.39 is 0 Å². The van der Waals surface area contributed by atoms with Crippen LogP contribution in [0, 0.1) is 5.92 Å². The molecule has 1 atom stereocenters. The molecular weight excluding hydrogens is 198 g/mol. The molecule has 0 fully saturated rings. The van der Waals surface area contributed by atoms with Crippen LogP contribution in [0.15, 0.2) is 24.4 Å². The van der Waals surface area contributed by atoms with Gasteiger partial charge in [-0.25, -0.2) is 0 Å². The number of anilines is 1. The van der Waals surface area contributed by atoms with E-state index >= 15 is 0 Å². The molecule has 2 aromatic rings. The Balaban J connectivity index is 2.08. The number of nitrogens with one attached hydrogen (secondary N) is 2. The van der Waals surface area contributed by atoms with Crippen LogP contribution in [0.25, 0.3) is 10.9 Å². The molecule has 3 nitrogen and oxygen atoms in total. The molecular formula is C13H19N3. The topological polar surface area (TPSA) is 40.7 Å². The average molecular weight is 217 g/mol. The zero-order valence-electron chi connectivity index (χ0n) is 10.1. The number of H-pyrrole nitrogens is 1. The molecule has 0 amide bonds. The van der Waals surface area contributed by atoms with Gasteiger partial charge in [-0.1, -0.05) is 13.8 Å². The van der Waals surface area contributed by atoms with Gasteiger partial charge in [-0.3, -0.25) is 5.10 Å². The molecule has 1 aromatic heterocycles. The normalized spacial score (nSPS) is 13.2. The van der Waals surface area contributed by atoms with Gasteiger partial charge in [0, 0.05) is 17.1 Å². The first kappa shape index (κ1) is 11.0. The van der Waals surface area contributed by atoms with Crippen LogP contribution < -0.4 is 5.32 Å². The second kappa shape index (κ2) is 4.56. The fourth-order valence-corrected chi connectivity index (χ4v) is 2.08. The predicted octanol–water partition coefficient (Wildman–Crippen LogP) is 3.41. The molecule has 3 heteroatoms. The molecule has 0 aliphatic carbocycles. The summed E-state index contributed by atoms with van der Waals surface area (Å²) in [4.78, 5) is 0. The van der Waals surface area contributed by atoms with E-state index in [4.69, 9.17) is 0 Å². The second-order valence-electron chi connectivity index (χ2n) is 4.85. The molecule has 16 heavy (non-hydrogen) atoms. The molecule has 0 spiro atoms. The monoisotopic (exact) mass is 217 g/mol. The summed E-state index contributed by atoms with van der Waals surface area (Å²) in [6.07, 6.45) is 3.04. The molecule has 0 saturated heterocycles. The minimum Gasteiger partial charge on any atom is -0.383 e. The van der Waals surface area contributed by atoms with Gasteiger partial charge in [0.2, 0.25) is 0 Å². The van der Waals surface area contributed by atoms with Crippen LogP contribution in [-0.2, 0) is 0 Å². The van der Waals surface area contributed by atoms with E-state index in [9.17, 15) is 0 Å². The highest BCUT2D eigenvalue weighted by Gasteiger charge is 2.05. The number of fused-ring (bicyclic) bond motifs is 1. The maximum Gasteiger partial charge on any atom is 0.0651 e. The van der Waals surface area contributed by atoms with Crippen LogP contribution in [0.5, 0.6) is 0 Å². The van der Waals surface area contributed by atoms with E-state index in [0.717, 1.165) is 16.8 Å². The quantitative estimate of drug-likeness (QED) is 0.824. The molecule has 0 radical (unpaired) electrons. The van der Waals surface area contributed by atoms with E-state index in [2.05, 4.69) is 54.5 Å². The highest BCUT2D eigenvalue weighted by atomic mass is 15.1. The summed E-state index contributed by atoms with van der Waals surface area (Å²) in [6, 6.07) is 6.80. The lowest BCUT2D eigenvalue weighted by Gasteiger charge is -2.17. The molecule has 2 rings (SSSR count). The fraction of sp³-hybridized carbons (Fsp3) is 0.462. The number of aromatic amines is 1. The van der Waals surface area contributed by atoms with Crippen molar-refractivity contribution in [2.45, 2.75) is 33.2 Å². The van der Waals surface area contributed by atoms with Gasteiger partial charge in [0.25, 0.3) is 0 Å². The Morgan fingerprint density at radius 1 is 1.31 bits per heavy atom. The molecule has 1 unspecified atom stereocenters. The first-order valence-corrected chi connectivity index (χ1v) is 5.85. The van der Waals surface area contributed by atoms with Crippen molar-refractivity contribution in [2.75, 3.05) is 5.32 Å². The lowest BCUT2D eigenvalue weighted by Crippen LogP contribution is -2.17. The maximum absolute atomic E-state index is 4.02. The number of hydrogen-bond acceptors (Lipinski definition) is 2. The third kappa shape index (κ3) is 2.54. The Hall–Kier alpha value is -1.51. The van der Waals surface area contributed by atoms with E-state index in [-0.39, 0.29) is 0 Å². The number of benzene rings is 1. The minimum atomic E-state index is 0.504. The molecule has 0 aliphatic heterocycles. The van der Waals surface area contributed by atoms with Crippen molar-refractivity contribution in [2.24, 2.45) is 5.92 Å². The predicted molar refractivity (Wildman–Crippen MR) is 68.6 cm³/mol. The van der Waals surface area contributed by atoms with Crippen LogP contribution in [0.4, 0.5) is 5.69 Å². The van der Waals surface area contributed by atoms with Crippen molar-refractivity contribution >= 4 is 16.6 Å². The smallest absolute Gasteiger partial charge is 0.0651 e. The maximum atomic E-state index is 4.02. The van der Waals surface area contributed by atoms with Gasteiger partial charge in [0.1, 0.15) is 0 Å². The van der Waals surface area contributed by atoms with Gasteiger partial charge < -0.3 is 5.32 Å². The number of hydrogen-bond donors (Lipinski definition) is 2. The van der Waals surface area contributed by atoms with E-state index in [1.807, 2.05) is 6.20 Å². The fourth-order valence-electron chi connectivity index (χ4n) is 2.08. The van der Waals surface area contributed by atoms with Gasteiger partial charge in [0.05, 0.1) is 11.7 Å². The van der Waals surface area contributed by atoms with Crippen molar-refractivity contribution in [1.82, 2.24) is 10.2 Å².